The molecule has 1 saturated heterocycles. The van der Waals surface area contributed by atoms with E-state index in [0.29, 0.717) is 13.0 Å². The van der Waals surface area contributed by atoms with E-state index in [2.05, 4.69) is 17.9 Å². The van der Waals surface area contributed by atoms with Crippen molar-refractivity contribution in [3.63, 3.8) is 0 Å². The van der Waals surface area contributed by atoms with Gasteiger partial charge in [-0.15, -0.1) is 12.6 Å². The van der Waals surface area contributed by atoms with Gasteiger partial charge in [0.2, 0.25) is 5.91 Å². The lowest BCUT2D eigenvalue weighted by Gasteiger charge is -2.17. The first-order valence-electron chi connectivity index (χ1n) is 8.37. The maximum absolute atomic E-state index is 11.5. The second kappa shape index (κ2) is 16.7. The molecule has 144 valence electrons. The number of amides is 1. The number of carbonyl (C=O) groups is 2. The second-order valence-corrected chi connectivity index (χ2v) is 5.97. The quantitative estimate of drug-likeness (QED) is 0.419. The van der Waals surface area contributed by atoms with Crippen LogP contribution in [0.15, 0.2) is 12.2 Å². The Morgan fingerprint density at radius 1 is 1.33 bits per heavy atom. The second-order valence-electron chi connectivity index (χ2n) is 4.90. The van der Waals surface area contributed by atoms with Crippen LogP contribution in [-0.4, -0.2) is 23.4 Å². The summed E-state index contributed by atoms with van der Waals surface area (Å²) in [6.45, 7) is 13.8. The van der Waals surface area contributed by atoms with Crippen LogP contribution < -0.4 is 5.32 Å². The summed E-state index contributed by atoms with van der Waals surface area (Å²) in [5, 5.41) is 2.46. The van der Waals surface area contributed by atoms with Gasteiger partial charge in [0.15, 0.2) is 0 Å². The molecule has 1 fully saturated rings. The standard InChI is InChI=1S/C7H14O2S.C6H7F2NO.2C2H6/c1-4-5-6(8)9-7(2,3)10;7-5(8)1-4-2-6(10)9-3-4;2*1-2/h10H,4-5H2,1-3H3;1,4H,2-3H2,(H,9,10);2*1-2H3. The fourth-order valence-corrected chi connectivity index (χ4v) is 1.56. The van der Waals surface area contributed by atoms with E-state index in [0.717, 1.165) is 12.5 Å². The fourth-order valence-electron chi connectivity index (χ4n) is 1.46. The normalized spacial score (nSPS) is 15.2. The van der Waals surface area contributed by atoms with Gasteiger partial charge in [-0.1, -0.05) is 34.6 Å². The van der Waals surface area contributed by atoms with Crippen LogP contribution in [0.5, 0.6) is 0 Å². The Bertz CT molecular complexity index is 365. The summed E-state index contributed by atoms with van der Waals surface area (Å²) in [6.07, 6.45) is 0.601. The average Bonchev–Trinajstić information content (AvgIpc) is 2.86. The van der Waals surface area contributed by atoms with E-state index in [9.17, 15) is 18.4 Å². The molecular formula is C17H33F2NO3S. The third kappa shape index (κ3) is 20.9. The van der Waals surface area contributed by atoms with Crippen LogP contribution in [-0.2, 0) is 14.3 Å². The molecule has 0 saturated carbocycles. The highest BCUT2D eigenvalue weighted by atomic mass is 32.1. The third-order valence-corrected chi connectivity index (χ3v) is 2.28. The first kappa shape index (κ1) is 27.7. The Hall–Kier alpha value is -1.11. The Kier molecular flexibility index (Phi) is 19.3. The number of nitrogens with one attached hydrogen (secondary N) is 1. The van der Waals surface area contributed by atoms with Crippen LogP contribution in [0.3, 0.4) is 0 Å². The van der Waals surface area contributed by atoms with Crippen molar-refractivity contribution in [2.45, 2.75) is 72.7 Å². The molecule has 1 aliphatic rings. The topological polar surface area (TPSA) is 55.4 Å². The number of rotatable bonds is 4. The Morgan fingerprint density at radius 2 is 1.83 bits per heavy atom. The van der Waals surface area contributed by atoms with E-state index in [4.69, 9.17) is 4.74 Å². The lowest BCUT2D eigenvalue weighted by Crippen LogP contribution is -2.20. The molecule has 1 aliphatic heterocycles. The van der Waals surface area contributed by atoms with Crippen molar-refractivity contribution in [3.8, 4) is 0 Å². The molecule has 0 aromatic carbocycles. The molecule has 0 aliphatic carbocycles. The summed E-state index contributed by atoms with van der Waals surface area (Å²) in [6, 6.07) is 0. The van der Waals surface area contributed by atoms with E-state index in [1.165, 1.54) is 0 Å². The predicted octanol–water partition coefficient (Wildman–Crippen LogP) is 4.95. The summed E-state index contributed by atoms with van der Waals surface area (Å²) in [5.74, 6) is -0.637. The highest BCUT2D eigenvalue weighted by Crippen LogP contribution is 2.14. The molecule has 0 radical (unpaired) electrons. The van der Waals surface area contributed by atoms with Crippen LogP contribution in [0.2, 0.25) is 0 Å². The highest BCUT2D eigenvalue weighted by Gasteiger charge is 2.19. The van der Waals surface area contributed by atoms with E-state index in [-0.39, 0.29) is 24.2 Å². The molecule has 0 aromatic heterocycles. The molecule has 7 heteroatoms. The minimum absolute atomic E-state index is 0.150. The third-order valence-electron chi connectivity index (χ3n) is 2.19. The number of thiol groups is 1. The van der Waals surface area contributed by atoms with Gasteiger partial charge in [-0.25, -0.2) is 0 Å². The largest absolute Gasteiger partial charge is 0.449 e. The smallest absolute Gasteiger partial charge is 0.307 e. The monoisotopic (exact) mass is 369 g/mol. The Labute approximate surface area is 150 Å². The molecular weight excluding hydrogens is 336 g/mol. The summed E-state index contributed by atoms with van der Waals surface area (Å²) >= 11 is 4.04. The molecule has 1 heterocycles. The van der Waals surface area contributed by atoms with Gasteiger partial charge in [-0.2, -0.15) is 8.78 Å². The summed E-state index contributed by atoms with van der Waals surface area (Å²) in [7, 11) is 0. The minimum Gasteiger partial charge on any atom is -0.449 e. The van der Waals surface area contributed by atoms with Crippen LogP contribution in [0.25, 0.3) is 0 Å². The lowest BCUT2D eigenvalue weighted by molar-refractivity contribution is -0.149. The van der Waals surface area contributed by atoms with Crippen molar-refractivity contribution < 1.29 is 23.1 Å². The van der Waals surface area contributed by atoms with Crippen LogP contribution in [0.1, 0.15) is 67.7 Å². The van der Waals surface area contributed by atoms with Gasteiger partial charge in [0.1, 0.15) is 4.93 Å². The Balaban J connectivity index is -0.000000304. The van der Waals surface area contributed by atoms with Gasteiger partial charge < -0.3 is 10.1 Å². The van der Waals surface area contributed by atoms with Gasteiger partial charge in [0.25, 0.3) is 6.08 Å². The van der Waals surface area contributed by atoms with E-state index < -0.39 is 11.0 Å². The van der Waals surface area contributed by atoms with Gasteiger partial charge >= 0.3 is 5.97 Å². The fraction of sp³-hybridized carbons (Fsp3) is 0.765. The van der Waals surface area contributed by atoms with E-state index in [1.807, 2.05) is 34.6 Å². The number of carbonyl (C=O) groups excluding carboxylic acids is 2. The molecule has 0 aromatic rings. The molecule has 1 N–H and O–H groups in total. The molecule has 24 heavy (non-hydrogen) atoms. The molecule has 4 nitrogen and oxygen atoms in total. The van der Waals surface area contributed by atoms with Crippen molar-refractivity contribution >= 4 is 24.5 Å². The van der Waals surface area contributed by atoms with E-state index >= 15 is 0 Å². The summed E-state index contributed by atoms with van der Waals surface area (Å²) in [4.78, 5) is 20.6. The van der Waals surface area contributed by atoms with Gasteiger partial charge in [-0.05, 0) is 26.3 Å². The number of ether oxygens (including phenoxy) is 1. The number of hydrogen-bond acceptors (Lipinski definition) is 4. The van der Waals surface area contributed by atoms with Gasteiger partial charge in [-0.3, -0.25) is 9.59 Å². The lowest BCUT2D eigenvalue weighted by atomic mass is 10.1. The predicted molar refractivity (Wildman–Crippen MR) is 98.2 cm³/mol. The summed E-state index contributed by atoms with van der Waals surface area (Å²) in [5.41, 5.74) is 0. The average molecular weight is 370 g/mol. The molecule has 1 rings (SSSR count). The van der Waals surface area contributed by atoms with Crippen molar-refractivity contribution in [2.75, 3.05) is 6.54 Å². The molecule has 1 unspecified atom stereocenters. The summed E-state index contributed by atoms with van der Waals surface area (Å²) < 4.78 is 28.0. The minimum atomic E-state index is -1.71. The number of esters is 1. The van der Waals surface area contributed by atoms with Crippen molar-refractivity contribution in [1.29, 1.82) is 0 Å². The zero-order valence-electron chi connectivity index (χ0n) is 15.9. The molecule has 0 spiro atoms. The van der Waals surface area contributed by atoms with Gasteiger partial charge in [0.05, 0.1) is 0 Å². The van der Waals surface area contributed by atoms with Gasteiger partial charge in [0, 0.05) is 25.3 Å². The molecule has 0 bridgehead atoms. The highest BCUT2D eigenvalue weighted by molar-refractivity contribution is 7.81. The zero-order valence-corrected chi connectivity index (χ0v) is 16.8. The van der Waals surface area contributed by atoms with E-state index in [1.54, 1.807) is 13.8 Å². The first-order chi connectivity index (χ1) is 11.1. The maximum atomic E-state index is 11.5. The number of hydrogen-bond donors (Lipinski definition) is 2. The van der Waals surface area contributed by atoms with Crippen molar-refractivity contribution in [1.82, 2.24) is 5.32 Å². The van der Waals surface area contributed by atoms with Crippen LogP contribution >= 0.6 is 12.6 Å². The Morgan fingerprint density at radius 3 is 2.12 bits per heavy atom. The zero-order chi connectivity index (χ0) is 19.8. The van der Waals surface area contributed by atoms with Crippen LogP contribution in [0, 0.1) is 5.92 Å². The number of halogens is 2. The molecule has 1 atom stereocenters. The first-order valence-corrected chi connectivity index (χ1v) is 8.82. The van der Waals surface area contributed by atoms with Crippen molar-refractivity contribution in [2.24, 2.45) is 5.92 Å². The maximum Gasteiger partial charge on any atom is 0.307 e. The molecule has 1 amide bonds. The van der Waals surface area contributed by atoms with Crippen molar-refractivity contribution in [3.05, 3.63) is 12.2 Å². The van der Waals surface area contributed by atoms with Crippen LogP contribution in [0.4, 0.5) is 8.78 Å². The SMILES string of the molecule is CC.CC.CCCC(=O)OC(C)(C)S.O=C1CC(C=C(F)F)CN1.